The molecular formula is C45H67B2N3O22. The van der Waals surface area contributed by atoms with Gasteiger partial charge in [-0.1, -0.05) is 12.1 Å². The zero-order valence-electron chi connectivity index (χ0n) is 41.0. The molecule has 2 aromatic carbocycles. The lowest BCUT2D eigenvalue weighted by Gasteiger charge is -2.38. The fourth-order valence-corrected chi connectivity index (χ4v) is 6.84. The van der Waals surface area contributed by atoms with Crippen molar-refractivity contribution in [3.8, 4) is 11.5 Å². The number of hydrogen-bond donors (Lipinski definition) is 9. The van der Waals surface area contributed by atoms with E-state index in [0.29, 0.717) is 50.6 Å². The minimum absolute atomic E-state index is 0.00260. The van der Waals surface area contributed by atoms with Gasteiger partial charge in [0.2, 0.25) is 40.0 Å². The van der Waals surface area contributed by atoms with E-state index in [9.17, 15) is 59.7 Å². The second-order valence-electron chi connectivity index (χ2n) is 17.6. The van der Waals surface area contributed by atoms with Crippen molar-refractivity contribution in [2.45, 2.75) is 94.9 Å². The number of carboxylic acids is 1. The first-order valence-electron chi connectivity index (χ1n) is 23.2. The molecule has 25 nitrogen and oxygen atoms in total. The lowest BCUT2D eigenvalue weighted by molar-refractivity contribution is -0.271. The summed E-state index contributed by atoms with van der Waals surface area (Å²) in [7, 11) is 2.45. The molecule has 2 aliphatic rings. The number of aliphatic carboxylic acids is 1. The van der Waals surface area contributed by atoms with Crippen molar-refractivity contribution in [1.82, 2.24) is 15.5 Å². The van der Waals surface area contributed by atoms with E-state index in [-0.39, 0.29) is 87.6 Å². The number of rotatable bonds is 29. The van der Waals surface area contributed by atoms with Crippen LogP contribution >= 0.6 is 0 Å². The summed E-state index contributed by atoms with van der Waals surface area (Å²) < 4.78 is 55.3. The quantitative estimate of drug-likeness (QED) is 0.0284. The number of nitrogens with zero attached hydrogens (tertiary/aromatic N) is 1. The predicted octanol–water partition coefficient (Wildman–Crippen LogP) is -3.36. The number of carbonyl (C=O) groups excluding carboxylic acids is 4. The highest BCUT2D eigenvalue weighted by Gasteiger charge is 2.48. The maximum atomic E-state index is 13.5. The van der Waals surface area contributed by atoms with Crippen LogP contribution in [0.25, 0.3) is 0 Å². The number of aliphatic hydroxyl groups excluding tert-OH is 6. The zero-order chi connectivity index (χ0) is 53.0. The van der Waals surface area contributed by atoms with E-state index >= 15 is 0 Å². The summed E-state index contributed by atoms with van der Waals surface area (Å²) >= 11 is 0. The number of aliphatic hydroxyl groups is 6. The van der Waals surface area contributed by atoms with Crippen LogP contribution in [0, 0.1) is 0 Å². The van der Waals surface area contributed by atoms with Gasteiger partial charge in [-0.25, -0.2) is 4.79 Å². The number of nitrogens with one attached hydrogen (secondary N) is 2. The zero-order valence-corrected chi connectivity index (χ0v) is 41.0. The molecule has 9 atom stereocenters. The lowest BCUT2D eigenvalue weighted by Crippen LogP contribution is -2.61. The van der Waals surface area contributed by atoms with E-state index in [0.717, 1.165) is 0 Å². The Morgan fingerprint density at radius 2 is 1.11 bits per heavy atom. The summed E-state index contributed by atoms with van der Waals surface area (Å²) in [5.74, 6) is -4.16. The Bertz CT molecular complexity index is 2070. The minimum Gasteiger partial charge on any atom is -0.479 e. The largest absolute Gasteiger partial charge is 0.479 e. The van der Waals surface area contributed by atoms with Crippen LogP contribution in [0.5, 0.6) is 11.5 Å². The van der Waals surface area contributed by atoms with E-state index in [2.05, 4.69) is 10.6 Å². The van der Waals surface area contributed by atoms with Crippen LogP contribution in [0.15, 0.2) is 36.4 Å². The van der Waals surface area contributed by atoms with Gasteiger partial charge in [-0.3, -0.25) is 24.1 Å². The van der Waals surface area contributed by atoms with Crippen LogP contribution in [0.2, 0.25) is 0 Å². The van der Waals surface area contributed by atoms with Crippen LogP contribution in [0.4, 0.5) is 9.59 Å². The standard InChI is InChI=1S/C45H67B2N3O22/c1-45(2,3)69-19-18-65-17-12-50(10-15-63-13-8-48-38(57)27-20-25(22-67-43(46)61)4-6-30(27)70-41-35(55)32(52)29(51)24-66-41)11-16-64-14-9-49-39(58)28-21-26(23-68-44(47)62)5-7-31(28)71-42-36(56)33(53)34(54)37(72-42)40(59)60/h4-7,20-21,29,32-37,41-42,51-56H,8-19,22-24,46-47H2,1-3H3,(H,48,57)(H,49,58)(H,59,60)/t29-,32+,33+,34+,35-,36-,37+,41+,42-/m1/s1. The third kappa shape index (κ3) is 19.8. The Hall–Kier alpha value is -5.00. The van der Waals surface area contributed by atoms with Crippen molar-refractivity contribution in [2.75, 3.05) is 85.6 Å². The van der Waals surface area contributed by atoms with Crippen molar-refractivity contribution in [2.24, 2.45) is 0 Å². The first kappa shape index (κ1) is 59.6. The second kappa shape index (κ2) is 29.6. The number of ether oxygens (including phenoxy) is 10. The third-order valence-corrected chi connectivity index (χ3v) is 10.7. The molecule has 2 aromatic rings. The first-order valence-corrected chi connectivity index (χ1v) is 23.2. The van der Waals surface area contributed by atoms with E-state index in [1.807, 2.05) is 25.7 Å². The van der Waals surface area contributed by atoms with Crippen LogP contribution in [-0.4, -0.2) is 232 Å². The van der Waals surface area contributed by atoms with E-state index in [4.69, 9.17) is 47.4 Å². The fourth-order valence-electron chi connectivity index (χ4n) is 6.84. The number of carboxylic acid groups (broad SMARTS) is 1. The van der Waals surface area contributed by atoms with Crippen molar-refractivity contribution in [1.29, 1.82) is 0 Å². The minimum atomic E-state index is -1.96. The molecule has 400 valence electrons. The molecule has 9 N–H and O–H groups in total. The summed E-state index contributed by atoms with van der Waals surface area (Å²) in [5.41, 5.74) is 0.447. The number of hydrogen-bond acceptors (Lipinski definition) is 22. The molecule has 27 heteroatoms. The number of amides is 2. The van der Waals surface area contributed by atoms with Gasteiger partial charge in [0.15, 0.2) is 6.10 Å². The Morgan fingerprint density at radius 3 is 1.58 bits per heavy atom. The summed E-state index contributed by atoms with van der Waals surface area (Å²) in [4.78, 5) is 63.4. The van der Waals surface area contributed by atoms with Gasteiger partial charge in [0.25, 0.3) is 11.8 Å². The second-order valence-corrected chi connectivity index (χ2v) is 17.6. The van der Waals surface area contributed by atoms with Gasteiger partial charge in [-0.2, -0.15) is 0 Å². The monoisotopic (exact) mass is 1020 g/mol. The Labute approximate surface area is 417 Å². The van der Waals surface area contributed by atoms with Crippen LogP contribution in [0.3, 0.4) is 0 Å². The Morgan fingerprint density at radius 1 is 0.639 bits per heavy atom. The number of carbonyl (C=O) groups is 5. The molecule has 0 saturated carbocycles. The Balaban J connectivity index is 1.29. The van der Waals surface area contributed by atoms with Gasteiger partial charge >= 0.3 is 5.97 Å². The van der Waals surface area contributed by atoms with Gasteiger partial charge in [0.1, 0.15) is 61.3 Å². The fraction of sp³-hybridized carbons (Fsp3) is 0.622. The van der Waals surface area contributed by atoms with Crippen LogP contribution in [0.1, 0.15) is 52.6 Å². The topological polar surface area (TPSA) is 347 Å². The smallest absolute Gasteiger partial charge is 0.335 e. The van der Waals surface area contributed by atoms with Crippen molar-refractivity contribution >= 4 is 45.2 Å². The molecule has 72 heavy (non-hydrogen) atoms. The van der Waals surface area contributed by atoms with Gasteiger partial charge in [0, 0.05) is 32.7 Å². The van der Waals surface area contributed by atoms with E-state index in [1.54, 1.807) is 6.07 Å². The molecule has 2 heterocycles. The van der Waals surface area contributed by atoms with Crippen molar-refractivity contribution < 1.29 is 107 Å². The predicted molar refractivity (Wildman–Crippen MR) is 253 cm³/mol. The Kier molecular flexibility index (Phi) is 24.5. The molecule has 2 fully saturated rings. The normalized spacial score (nSPS) is 23.2. The summed E-state index contributed by atoms with van der Waals surface area (Å²) in [5, 5.41) is 76.1. The highest BCUT2D eigenvalue weighted by Crippen LogP contribution is 2.29. The summed E-state index contributed by atoms with van der Waals surface area (Å²) in [6.45, 7) is 8.42. The van der Waals surface area contributed by atoms with Gasteiger partial charge < -0.3 is 93.7 Å². The average molecular weight is 1020 g/mol. The third-order valence-electron chi connectivity index (χ3n) is 10.7. The van der Waals surface area contributed by atoms with Crippen LogP contribution < -0.4 is 20.1 Å². The SMILES string of the molecule is BC(=O)OCc1ccc(O[C@@H]2O[C@H](C(=O)O)[C@@H](O)[C@H](O)[C@H]2O)c(C(=O)NCCOCCN(CCOCCNC(=O)c2cc(COC(B)=O)ccc2O[C@@H]2OC[C@@H](O)[C@H](O)[C@H]2O)CCOCCOC(C)(C)C)c1. The van der Waals surface area contributed by atoms with Gasteiger partial charge in [0.05, 0.1) is 69.6 Å². The molecule has 0 unspecified atom stereocenters. The molecule has 2 amide bonds. The molecule has 2 saturated heterocycles. The summed E-state index contributed by atoms with van der Waals surface area (Å²) in [6, 6.07) is 8.56. The van der Waals surface area contributed by atoms with Crippen LogP contribution in [-0.2, 0) is 55.9 Å². The van der Waals surface area contributed by atoms with Crippen molar-refractivity contribution in [3.05, 3.63) is 58.7 Å². The first-order chi connectivity index (χ1) is 34.1. The van der Waals surface area contributed by atoms with E-state index in [1.165, 1.54) is 46.0 Å². The molecule has 0 radical (unpaired) electrons. The molecule has 2 aliphatic heterocycles. The average Bonchev–Trinajstić information content (AvgIpc) is 3.33. The van der Waals surface area contributed by atoms with E-state index < -0.39 is 84.8 Å². The molecule has 0 aliphatic carbocycles. The highest BCUT2D eigenvalue weighted by molar-refractivity contribution is 6.55. The molecule has 4 rings (SSSR count). The molecule has 0 aromatic heterocycles. The molecule has 0 spiro atoms. The van der Waals surface area contributed by atoms with Crippen molar-refractivity contribution in [3.63, 3.8) is 0 Å². The lowest BCUT2D eigenvalue weighted by atomic mass is 9.99. The van der Waals surface area contributed by atoms with Gasteiger partial charge in [-0.15, -0.1) is 0 Å². The number of benzene rings is 2. The highest BCUT2D eigenvalue weighted by atomic mass is 16.7. The maximum Gasteiger partial charge on any atom is 0.335 e. The van der Waals surface area contributed by atoms with Gasteiger partial charge in [-0.05, 0) is 56.2 Å². The maximum absolute atomic E-state index is 13.5. The molecule has 0 bridgehead atoms. The summed E-state index contributed by atoms with van der Waals surface area (Å²) in [6.07, 6.45) is -15.4. The molecular weight excluding hydrogens is 956 g/mol.